The Balaban J connectivity index is 1.57. The number of carbonyl (C=O) groups excluding carboxylic acids is 1. The lowest BCUT2D eigenvalue weighted by Crippen LogP contribution is -2.32. The molecule has 0 spiro atoms. The van der Waals surface area contributed by atoms with Crippen LogP contribution in [0, 0.1) is 10.1 Å². The average Bonchev–Trinajstić information content (AvgIpc) is 3.25. The number of rotatable bonds is 6. The van der Waals surface area contributed by atoms with E-state index < -0.39 is 4.92 Å². The maximum Gasteiger partial charge on any atom is 0.287 e. The summed E-state index contributed by atoms with van der Waals surface area (Å²) in [5.74, 6) is 0.476. The van der Waals surface area contributed by atoms with E-state index in [1.807, 2.05) is 0 Å². The van der Waals surface area contributed by atoms with E-state index in [-0.39, 0.29) is 17.6 Å². The summed E-state index contributed by atoms with van der Waals surface area (Å²) in [4.78, 5) is 32.8. The van der Waals surface area contributed by atoms with E-state index in [2.05, 4.69) is 15.3 Å². The molecule has 25 heavy (non-hydrogen) atoms. The monoisotopic (exact) mass is 362 g/mol. The number of nitrogens with one attached hydrogen (secondary N) is 1. The van der Waals surface area contributed by atoms with Crippen molar-refractivity contribution in [3.8, 4) is 0 Å². The fourth-order valence-corrected chi connectivity index (χ4v) is 3.45. The molecule has 132 valence electrons. The van der Waals surface area contributed by atoms with Gasteiger partial charge in [-0.2, -0.15) is 0 Å². The number of amides is 1. The maximum absolute atomic E-state index is 12.5. The number of carbonyl (C=O) groups is 1. The van der Waals surface area contributed by atoms with Crippen LogP contribution in [0.2, 0.25) is 0 Å². The number of nitro groups is 1. The fourth-order valence-electron chi connectivity index (χ4n) is 2.66. The normalized spacial score (nSPS) is 16.8. The van der Waals surface area contributed by atoms with Crippen molar-refractivity contribution in [1.29, 1.82) is 0 Å². The molecule has 0 aliphatic carbocycles. The molecule has 0 aromatic carbocycles. The number of nitrogens with zero attached hydrogens (tertiary/aromatic N) is 4. The van der Waals surface area contributed by atoms with Gasteiger partial charge in [-0.05, 0) is 19.0 Å². The number of likely N-dealkylation sites (tertiary alicyclic amines) is 1. The van der Waals surface area contributed by atoms with Crippen LogP contribution >= 0.6 is 11.3 Å². The molecule has 0 saturated carbocycles. The van der Waals surface area contributed by atoms with Gasteiger partial charge in [0.15, 0.2) is 0 Å². The van der Waals surface area contributed by atoms with E-state index in [9.17, 15) is 14.9 Å². The molecule has 1 aliphatic rings. The zero-order valence-corrected chi connectivity index (χ0v) is 14.2. The minimum absolute atomic E-state index is 0.0504. The molecular formula is C15H18N6O3S. The summed E-state index contributed by atoms with van der Waals surface area (Å²) >= 11 is 1.45. The molecule has 1 atom stereocenters. The molecule has 2 aromatic heterocycles. The second-order valence-corrected chi connectivity index (χ2v) is 6.65. The first-order valence-electron chi connectivity index (χ1n) is 7.87. The van der Waals surface area contributed by atoms with Crippen LogP contribution < -0.4 is 11.1 Å². The van der Waals surface area contributed by atoms with Gasteiger partial charge in [0, 0.05) is 37.0 Å². The zero-order chi connectivity index (χ0) is 17.8. The first-order valence-corrected chi connectivity index (χ1v) is 8.75. The Bertz CT molecular complexity index is 763. The molecule has 1 aliphatic heterocycles. The highest BCUT2D eigenvalue weighted by atomic mass is 32.1. The van der Waals surface area contributed by atoms with Crippen LogP contribution in [-0.4, -0.2) is 51.4 Å². The summed E-state index contributed by atoms with van der Waals surface area (Å²) in [6.45, 7) is 1.69. The molecule has 1 saturated heterocycles. The second-order valence-electron chi connectivity index (χ2n) is 5.71. The van der Waals surface area contributed by atoms with Crippen molar-refractivity contribution >= 4 is 28.7 Å². The van der Waals surface area contributed by atoms with E-state index in [0.29, 0.717) is 37.6 Å². The second kappa shape index (κ2) is 7.53. The van der Waals surface area contributed by atoms with Gasteiger partial charge in [0.05, 0.1) is 9.93 Å². The Labute approximate surface area is 148 Å². The van der Waals surface area contributed by atoms with E-state index in [0.717, 1.165) is 11.4 Å². The summed E-state index contributed by atoms with van der Waals surface area (Å²) in [5.41, 5.74) is 5.92. The van der Waals surface area contributed by atoms with Crippen LogP contribution in [0.5, 0.6) is 0 Å². The van der Waals surface area contributed by atoms with Gasteiger partial charge in [0.1, 0.15) is 17.7 Å². The average molecular weight is 362 g/mol. The quantitative estimate of drug-likeness (QED) is 0.585. The van der Waals surface area contributed by atoms with Crippen LogP contribution in [0.3, 0.4) is 0 Å². The molecule has 0 radical (unpaired) electrons. The van der Waals surface area contributed by atoms with Crippen LogP contribution in [0.1, 0.15) is 21.9 Å². The maximum atomic E-state index is 12.5. The summed E-state index contributed by atoms with van der Waals surface area (Å²) in [6, 6.07) is 3.03. The molecule has 1 amide bonds. The van der Waals surface area contributed by atoms with Gasteiger partial charge in [0.2, 0.25) is 0 Å². The van der Waals surface area contributed by atoms with Crippen LogP contribution in [-0.2, 0) is 6.42 Å². The molecule has 1 unspecified atom stereocenters. The highest BCUT2D eigenvalue weighted by molar-refractivity contribution is 7.09. The van der Waals surface area contributed by atoms with Crippen molar-refractivity contribution < 1.29 is 9.72 Å². The number of hydrogen-bond donors (Lipinski definition) is 2. The molecule has 10 heteroatoms. The van der Waals surface area contributed by atoms with E-state index in [1.165, 1.54) is 23.6 Å². The largest absolute Gasteiger partial charge is 0.365 e. The molecule has 0 bridgehead atoms. The van der Waals surface area contributed by atoms with Crippen molar-refractivity contribution in [3.05, 3.63) is 44.5 Å². The Morgan fingerprint density at radius 3 is 3.04 bits per heavy atom. The lowest BCUT2D eigenvalue weighted by molar-refractivity contribution is -0.385. The number of thiazole rings is 1. The fraction of sp³-hybridized carbons (Fsp3) is 0.400. The lowest BCUT2D eigenvalue weighted by Gasteiger charge is -2.16. The first-order chi connectivity index (χ1) is 12.1. The predicted octanol–water partition coefficient (Wildman–Crippen LogP) is 1.27. The molecular weight excluding hydrogens is 344 g/mol. The SMILES string of the molecule is NCCc1nc(C(=O)N2CCC(Nc3ccc([N+](=O)[O-])cn3)C2)cs1. The first kappa shape index (κ1) is 17.2. The molecule has 3 rings (SSSR count). The zero-order valence-electron chi connectivity index (χ0n) is 13.4. The highest BCUT2D eigenvalue weighted by Crippen LogP contribution is 2.19. The van der Waals surface area contributed by atoms with Crippen molar-refractivity contribution in [2.75, 3.05) is 25.0 Å². The summed E-state index contributed by atoms with van der Waals surface area (Å²) in [6.07, 6.45) is 2.67. The summed E-state index contributed by atoms with van der Waals surface area (Å²) < 4.78 is 0. The van der Waals surface area contributed by atoms with Crippen molar-refractivity contribution in [2.24, 2.45) is 5.73 Å². The Morgan fingerprint density at radius 1 is 1.52 bits per heavy atom. The highest BCUT2D eigenvalue weighted by Gasteiger charge is 2.28. The van der Waals surface area contributed by atoms with Crippen LogP contribution in [0.4, 0.5) is 11.5 Å². The van der Waals surface area contributed by atoms with Gasteiger partial charge < -0.3 is 16.0 Å². The molecule has 3 heterocycles. The molecule has 1 fully saturated rings. The Kier molecular flexibility index (Phi) is 5.19. The lowest BCUT2D eigenvalue weighted by atomic mass is 10.2. The summed E-state index contributed by atoms with van der Waals surface area (Å²) in [7, 11) is 0. The number of nitrogens with two attached hydrogens (primary N) is 1. The van der Waals surface area contributed by atoms with Gasteiger partial charge in [-0.15, -0.1) is 11.3 Å². The van der Waals surface area contributed by atoms with Gasteiger partial charge >= 0.3 is 0 Å². The van der Waals surface area contributed by atoms with E-state index >= 15 is 0 Å². The number of pyridine rings is 1. The van der Waals surface area contributed by atoms with Crippen molar-refractivity contribution in [1.82, 2.24) is 14.9 Å². The minimum Gasteiger partial charge on any atom is -0.365 e. The molecule has 2 aromatic rings. The van der Waals surface area contributed by atoms with Crippen LogP contribution in [0.25, 0.3) is 0 Å². The third-order valence-electron chi connectivity index (χ3n) is 3.92. The topological polar surface area (TPSA) is 127 Å². The Morgan fingerprint density at radius 2 is 2.36 bits per heavy atom. The molecule has 9 nitrogen and oxygen atoms in total. The van der Waals surface area contributed by atoms with Gasteiger partial charge in [-0.25, -0.2) is 9.97 Å². The standard InChI is InChI=1S/C15H18N6O3S/c16-5-3-14-19-12(9-25-14)15(22)20-6-4-10(8-20)18-13-2-1-11(7-17-13)21(23)24/h1-2,7,9-10H,3-6,8,16H2,(H,17,18). The number of aromatic nitrogens is 2. The van der Waals surface area contributed by atoms with Gasteiger partial charge in [0.25, 0.3) is 11.6 Å². The van der Waals surface area contributed by atoms with E-state index in [1.54, 1.807) is 16.3 Å². The third-order valence-corrected chi connectivity index (χ3v) is 4.82. The van der Waals surface area contributed by atoms with Crippen molar-refractivity contribution in [3.63, 3.8) is 0 Å². The van der Waals surface area contributed by atoms with Crippen LogP contribution in [0.15, 0.2) is 23.7 Å². The Hall–Kier alpha value is -2.59. The van der Waals surface area contributed by atoms with E-state index in [4.69, 9.17) is 5.73 Å². The van der Waals surface area contributed by atoms with Gasteiger partial charge in [-0.1, -0.05) is 0 Å². The summed E-state index contributed by atoms with van der Waals surface area (Å²) in [5, 5.41) is 16.5. The van der Waals surface area contributed by atoms with Gasteiger partial charge in [-0.3, -0.25) is 14.9 Å². The van der Waals surface area contributed by atoms with Crippen molar-refractivity contribution in [2.45, 2.75) is 18.9 Å². The molecule has 3 N–H and O–H groups in total. The number of hydrogen-bond acceptors (Lipinski definition) is 8. The minimum atomic E-state index is -0.487. The number of anilines is 1. The third kappa shape index (κ3) is 4.09. The predicted molar refractivity (Wildman–Crippen MR) is 93.7 cm³/mol. The smallest absolute Gasteiger partial charge is 0.287 e.